The lowest BCUT2D eigenvalue weighted by Gasteiger charge is -2.29. The molecule has 3 aromatic rings. The van der Waals surface area contributed by atoms with Crippen LogP contribution in [0.5, 0.6) is 5.75 Å². The van der Waals surface area contributed by atoms with Crippen LogP contribution in [0.1, 0.15) is 5.56 Å². The summed E-state index contributed by atoms with van der Waals surface area (Å²) in [6.07, 6.45) is -4.99. The molecule has 0 atom stereocenters. The number of amides is 2. The minimum absolute atomic E-state index is 0.0799. The first-order valence-electron chi connectivity index (χ1n) is 8.76. The SMILES string of the molecule is O=C1COc2ccc(-c3csc(NC(=O)C(F)(F)F)n3)cc2N1Cc1ccccc1. The Morgan fingerprint density at radius 1 is 1.20 bits per heavy atom. The molecule has 1 aromatic heterocycles. The van der Waals surface area contributed by atoms with Crippen LogP contribution in [0.3, 0.4) is 0 Å². The summed E-state index contributed by atoms with van der Waals surface area (Å²) in [6.45, 7) is 0.271. The largest absolute Gasteiger partial charge is 0.482 e. The molecule has 0 aliphatic carbocycles. The van der Waals surface area contributed by atoms with Crippen LogP contribution in [0.4, 0.5) is 24.0 Å². The number of aromatic nitrogens is 1. The van der Waals surface area contributed by atoms with Crippen LogP contribution < -0.4 is 15.0 Å². The van der Waals surface area contributed by atoms with Crippen molar-refractivity contribution in [1.29, 1.82) is 0 Å². The van der Waals surface area contributed by atoms with Gasteiger partial charge in [0.1, 0.15) is 5.75 Å². The fraction of sp³-hybridized carbons (Fsp3) is 0.150. The van der Waals surface area contributed by atoms with Gasteiger partial charge in [0.25, 0.3) is 5.91 Å². The standard InChI is InChI=1S/C20H14F3N3O3S/c21-20(22,23)18(28)25-19-24-14(11-30-19)13-6-7-16-15(8-13)26(17(27)10-29-16)9-12-4-2-1-3-5-12/h1-8,11H,9-10H2,(H,24,25,28). The maximum absolute atomic E-state index is 12.5. The maximum Gasteiger partial charge on any atom is 0.471 e. The Morgan fingerprint density at radius 2 is 1.97 bits per heavy atom. The van der Waals surface area contributed by atoms with Crippen molar-refractivity contribution in [3.8, 4) is 17.0 Å². The lowest BCUT2D eigenvalue weighted by molar-refractivity contribution is -0.167. The molecule has 1 N–H and O–H groups in total. The van der Waals surface area contributed by atoms with E-state index in [9.17, 15) is 22.8 Å². The Hall–Kier alpha value is -3.40. The molecule has 2 amide bonds. The number of anilines is 2. The fourth-order valence-corrected chi connectivity index (χ4v) is 3.65. The first-order valence-corrected chi connectivity index (χ1v) is 9.64. The number of hydrogen-bond donors (Lipinski definition) is 1. The van der Waals surface area contributed by atoms with Crippen molar-refractivity contribution in [2.75, 3.05) is 16.8 Å². The van der Waals surface area contributed by atoms with Gasteiger partial charge >= 0.3 is 12.1 Å². The van der Waals surface area contributed by atoms with Crippen LogP contribution >= 0.6 is 11.3 Å². The van der Waals surface area contributed by atoms with Crippen LogP contribution in [0, 0.1) is 0 Å². The summed E-state index contributed by atoms with van der Waals surface area (Å²) in [5.41, 5.74) is 2.43. The van der Waals surface area contributed by atoms with E-state index in [1.165, 1.54) is 5.38 Å². The van der Waals surface area contributed by atoms with Gasteiger partial charge in [0.15, 0.2) is 11.7 Å². The molecule has 4 rings (SSSR count). The Kier molecular flexibility index (Phi) is 5.17. The summed E-state index contributed by atoms with van der Waals surface area (Å²) in [7, 11) is 0. The van der Waals surface area contributed by atoms with E-state index in [2.05, 4.69) is 4.98 Å². The Balaban J connectivity index is 1.62. The molecule has 0 saturated carbocycles. The molecular weight excluding hydrogens is 419 g/mol. The minimum Gasteiger partial charge on any atom is -0.482 e. The van der Waals surface area contributed by atoms with Crippen molar-refractivity contribution < 1.29 is 27.5 Å². The number of thiazole rings is 1. The average molecular weight is 433 g/mol. The summed E-state index contributed by atoms with van der Waals surface area (Å²) >= 11 is 0.875. The molecule has 10 heteroatoms. The predicted octanol–water partition coefficient (Wildman–Crippen LogP) is 4.24. The second-order valence-corrected chi connectivity index (χ2v) is 7.28. The smallest absolute Gasteiger partial charge is 0.471 e. The van der Waals surface area contributed by atoms with Crippen LogP contribution in [-0.2, 0) is 16.1 Å². The highest BCUT2D eigenvalue weighted by atomic mass is 32.1. The van der Waals surface area contributed by atoms with Crippen LogP contribution in [0.2, 0.25) is 0 Å². The van der Waals surface area contributed by atoms with Crippen molar-refractivity contribution in [2.24, 2.45) is 0 Å². The second-order valence-electron chi connectivity index (χ2n) is 6.43. The van der Waals surface area contributed by atoms with Crippen molar-refractivity contribution >= 4 is 34.0 Å². The highest BCUT2D eigenvalue weighted by molar-refractivity contribution is 7.14. The van der Waals surface area contributed by atoms with Gasteiger partial charge in [-0.05, 0) is 23.8 Å². The number of fused-ring (bicyclic) bond motifs is 1. The molecule has 1 aliphatic heterocycles. The van der Waals surface area contributed by atoms with Crippen LogP contribution in [-0.4, -0.2) is 29.6 Å². The Labute approximate surface area is 172 Å². The summed E-state index contributed by atoms with van der Waals surface area (Å²) in [5, 5.41) is 3.10. The van der Waals surface area contributed by atoms with Crippen molar-refractivity contribution in [3.05, 3.63) is 59.5 Å². The summed E-state index contributed by atoms with van der Waals surface area (Å²) in [6, 6.07) is 14.5. The molecule has 0 saturated heterocycles. The Morgan fingerprint density at radius 3 is 2.70 bits per heavy atom. The van der Waals surface area contributed by atoms with Crippen LogP contribution in [0.15, 0.2) is 53.9 Å². The zero-order chi connectivity index (χ0) is 21.3. The topological polar surface area (TPSA) is 71.5 Å². The monoisotopic (exact) mass is 433 g/mol. The van der Waals surface area contributed by atoms with Gasteiger partial charge in [0.05, 0.1) is 17.9 Å². The van der Waals surface area contributed by atoms with Gasteiger partial charge in [-0.3, -0.25) is 14.9 Å². The first kappa shape index (κ1) is 19.9. The third-order valence-corrected chi connectivity index (χ3v) is 5.12. The van der Waals surface area contributed by atoms with Gasteiger partial charge in [-0.2, -0.15) is 13.2 Å². The molecule has 2 heterocycles. The maximum atomic E-state index is 12.5. The highest BCUT2D eigenvalue weighted by Gasteiger charge is 2.39. The number of alkyl halides is 3. The third kappa shape index (κ3) is 4.13. The number of nitrogens with one attached hydrogen (secondary N) is 1. The van der Waals surface area contributed by atoms with E-state index in [0.717, 1.165) is 16.9 Å². The number of hydrogen-bond acceptors (Lipinski definition) is 5. The van der Waals surface area contributed by atoms with E-state index in [-0.39, 0.29) is 17.6 Å². The number of nitrogens with zero attached hydrogens (tertiary/aromatic N) is 2. The van der Waals surface area contributed by atoms with Gasteiger partial charge < -0.3 is 9.64 Å². The van der Waals surface area contributed by atoms with Gasteiger partial charge in [-0.1, -0.05) is 30.3 Å². The van der Waals surface area contributed by atoms with E-state index in [1.807, 2.05) is 30.3 Å². The number of carbonyl (C=O) groups excluding carboxylic acids is 2. The van der Waals surface area contributed by atoms with Crippen molar-refractivity contribution in [3.63, 3.8) is 0 Å². The molecule has 30 heavy (non-hydrogen) atoms. The minimum atomic E-state index is -4.99. The molecule has 6 nitrogen and oxygen atoms in total. The van der Waals surface area contributed by atoms with Crippen molar-refractivity contribution in [1.82, 2.24) is 4.98 Å². The molecule has 0 unspecified atom stereocenters. The molecular formula is C20H14F3N3O3S. The summed E-state index contributed by atoms with van der Waals surface area (Å²) in [5.74, 6) is -1.77. The zero-order valence-corrected chi connectivity index (χ0v) is 16.1. The predicted molar refractivity (Wildman–Crippen MR) is 105 cm³/mol. The molecule has 0 bridgehead atoms. The fourth-order valence-electron chi connectivity index (χ4n) is 2.93. The molecule has 0 radical (unpaired) electrons. The molecule has 1 aliphatic rings. The molecule has 154 valence electrons. The highest BCUT2D eigenvalue weighted by Crippen LogP contribution is 2.37. The van der Waals surface area contributed by atoms with E-state index in [1.54, 1.807) is 28.4 Å². The Bertz CT molecular complexity index is 1100. The third-order valence-electron chi connectivity index (χ3n) is 4.36. The quantitative estimate of drug-likeness (QED) is 0.668. The number of rotatable bonds is 4. The lowest BCUT2D eigenvalue weighted by Crippen LogP contribution is -2.38. The summed E-state index contributed by atoms with van der Waals surface area (Å²) in [4.78, 5) is 29.2. The summed E-state index contributed by atoms with van der Waals surface area (Å²) < 4.78 is 42.8. The van der Waals surface area contributed by atoms with Gasteiger partial charge in [0, 0.05) is 10.9 Å². The van der Waals surface area contributed by atoms with E-state index in [4.69, 9.17) is 4.74 Å². The van der Waals surface area contributed by atoms with Gasteiger partial charge in [-0.25, -0.2) is 4.98 Å². The van der Waals surface area contributed by atoms with Crippen molar-refractivity contribution in [2.45, 2.75) is 12.7 Å². The molecule has 2 aromatic carbocycles. The van der Waals surface area contributed by atoms with Gasteiger partial charge in [-0.15, -0.1) is 11.3 Å². The molecule has 0 fully saturated rings. The number of benzene rings is 2. The van der Waals surface area contributed by atoms with Crippen LogP contribution in [0.25, 0.3) is 11.3 Å². The lowest BCUT2D eigenvalue weighted by atomic mass is 10.1. The first-order chi connectivity index (χ1) is 14.3. The van der Waals surface area contributed by atoms with E-state index < -0.39 is 12.1 Å². The number of carbonyl (C=O) groups is 2. The zero-order valence-electron chi connectivity index (χ0n) is 15.3. The normalized spacial score (nSPS) is 13.6. The average Bonchev–Trinajstić information content (AvgIpc) is 3.18. The molecule has 0 spiro atoms. The van der Waals surface area contributed by atoms with E-state index in [0.29, 0.717) is 29.2 Å². The second kappa shape index (κ2) is 7.79. The van der Waals surface area contributed by atoms with E-state index >= 15 is 0 Å². The number of ether oxygens (including phenoxy) is 1. The van der Waals surface area contributed by atoms with Gasteiger partial charge in [0.2, 0.25) is 0 Å². The number of halogens is 3.